The van der Waals surface area contributed by atoms with Crippen molar-refractivity contribution >= 4 is 36.7 Å². The average Bonchev–Trinajstić information content (AvgIpc) is 3.83. The molecule has 0 aliphatic carbocycles. The van der Waals surface area contributed by atoms with E-state index < -0.39 is 31.6 Å². The highest BCUT2D eigenvalue weighted by Gasteiger charge is 2.66. The summed E-state index contributed by atoms with van der Waals surface area (Å²) in [5.74, 6) is -1.51. The van der Waals surface area contributed by atoms with Gasteiger partial charge < -0.3 is 23.6 Å². The van der Waals surface area contributed by atoms with Crippen LogP contribution in [0.4, 0.5) is 9.80 Å². The van der Waals surface area contributed by atoms with Gasteiger partial charge in [0.25, 0.3) is 11.5 Å². The number of rotatable bonds is 13. The van der Waals surface area contributed by atoms with Crippen molar-refractivity contribution in [2.75, 3.05) is 25.2 Å². The van der Waals surface area contributed by atoms with Crippen molar-refractivity contribution in [1.82, 2.24) is 24.8 Å². The molecule has 1 saturated heterocycles. The van der Waals surface area contributed by atoms with Gasteiger partial charge in [-0.15, -0.1) is 5.10 Å². The predicted molar refractivity (Wildman–Crippen MR) is 204 cm³/mol. The van der Waals surface area contributed by atoms with Gasteiger partial charge in [-0.1, -0.05) is 60.7 Å². The van der Waals surface area contributed by atoms with Crippen LogP contribution in [-0.4, -0.2) is 76.5 Å². The van der Waals surface area contributed by atoms with E-state index in [0.717, 1.165) is 5.56 Å². The van der Waals surface area contributed by atoms with E-state index in [-0.39, 0.29) is 36.4 Å². The monoisotopic (exact) mass is 752 g/mol. The molecule has 2 aliphatic rings. The second-order valence-corrected chi connectivity index (χ2v) is 18.5. The van der Waals surface area contributed by atoms with Crippen LogP contribution >= 0.6 is 0 Å². The van der Waals surface area contributed by atoms with E-state index in [1.807, 2.05) is 49.4 Å². The smallest absolute Gasteiger partial charge is 0.305 e. The molecule has 0 radical (unpaired) electrons. The van der Waals surface area contributed by atoms with Crippen molar-refractivity contribution in [1.29, 1.82) is 0 Å². The zero-order valence-electron chi connectivity index (χ0n) is 30.9. The number of esters is 1. The highest BCUT2D eigenvalue weighted by Crippen LogP contribution is 2.60. The lowest BCUT2D eigenvalue weighted by Gasteiger charge is -2.31. The fraction of sp³-hybridized carbons (Fsp3) is 0.400. The Balaban J connectivity index is 1.24. The third-order valence-electron chi connectivity index (χ3n) is 11.1. The lowest BCUT2D eigenvalue weighted by atomic mass is 9.82. The van der Waals surface area contributed by atoms with Crippen LogP contribution in [0.2, 0.25) is 18.6 Å². The summed E-state index contributed by atoms with van der Waals surface area (Å²) in [7, 11) is -2.13. The van der Waals surface area contributed by atoms with Gasteiger partial charge in [-0.2, -0.15) is 9.78 Å². The van der Waals surface area contributed by atoms with E-state index in [1.165, 1.54) is 11.8 Å². The van der Waals surface area contributed by atoms with Crippen molar-refractivity contribution in [2.45, 2.75) is 75.4 Å². The molecule has 5 atom stereocenters. The van der Waals surface area contributed by atoms with E-state index in [2.05, 4.69) is 15.4 Å². The molecule has 54 heavy (non-hydrogen) atoms. The first kappa shape index (κ1) is 37.3. The largest absolute Gasteiger partial charge is 0.469 e. The van der Waals surface area contributed by atoms with Gasteiger partial charge in [-0.25, -0.2) is 0 Å². The number of anilines is 1. The molecule has 4 heterocycles. The number of methoxy groups -OCH3 is 1. The molecule has 1 N–H and O–H groups in total. The van der Waals surface area contributed by atoms with E-state index in [1.54, 1.807) is 65.4 Å². The molecule has 0 bridgehead atoms. The molecule has 5 aromatic rings. The first-order valence-corrected chi connectivity index (χ1v) is 21.4. The van der Waals surface area contributed by atoms with Crippen LogP contribution in [0.5, 0.6) is 0 Å². The number of fused-ring (bicyclic) bond motifs is 3. The maximum atomic E-state index is 16.6. The predicted octanol–water partition coefficient (Wildman–Crippen LogP) is 5.66. The number of aliphatic hydroxyl groups is 1. The fourth-order valence-electron chi connectivity index (χ4n) is 8.47. The summed E-state index contributed by atoms with van der Waals surface area (Å²) in [5, 5.41) is 24.6. The number of unbranched alkanes of at least 4 members (excludes halogenated alkanes) is 1. The van der Waals surface area contributed by atoms with Crippen LogP contribution in [0.1, 0.15) is 55.3 Å². The molecule has 1 amide bonds. The second-order valence-electron chi connectivity index (χ2n) is 14.8. The van der Waals surface area contributed by atoms with Crippen LogP contribution in [0.25, 0.3) is 16.5 Å². The molecule has 1 fully saturated rings. The molecule has 7 rings (SSSR count). The Bertz CT molecular complexity index is 2220. The molecular weight excluding hydrogens is 708 g/mol. The minimum atomic E-state index is -3.48. The molecule has 2 aliphatic heterocycles. The minimum absolute atomic E-state index is 0.137. The second kappa shape index (κ2) is 15.0. The van der Waals surface area contributed by atoms with E-state index in [0.29, 0.717) is 65.8 Å². The number of aromatic nitrogens is 5. The van der Waals surface area contributed by atoms with Gasteiger partial charge in [0.2, 0.25) is 8.41 Å². The number of nitrogens with zero attached hydrogens (tertiary/aromatic N) is 6. The number of aliphatic hydroxyl groups excluding tert-OH is 1. The summed E-state index contributed by atoms with van der Waals surface area (Å²) in [6.07, 6.45) is 4.42. The Labute approximate surface area is 313 Å². The van der Waals surface area contributed by atoms with Crippen molar-refractivity contribution in [3.63, 3.8) is 0 Å². The molecule has 12 nitrogen and oxygen atoms in total. The molecule has 1 unspecified atom stereocenters. The first-order valence-electron chi connectivity index (χ1n) is 18.4. The van der Waals surface area contributed by atoms with Gasteiger partial charge in [0.15, 0.2) is 5.60 Å². The Kier molecular flexibility index (Phi) is 10.3. The Morgan fingerprint density at radius 1 is 1.06 bits per heavy atom. The average molecular weight is 753 g/mol. The van der Waals surface area contributed by atoms with Crippen molar-refractivity contribution < 1.29 is 28.3 Å². The number of aryl methyl sites for hydroxylation is 1. The number of amides is 1. The van der Waals surface area contributed by atoms with Gasteiger partial charge in [-0.3, -0.25) is 19.1 Å². The molecule has 1 spiro atoms. The number of carbonyl (C=O) groups excluding carboxylic acids is 2. The number of benzene rings is 3. The summed E-state index contributed by atoms with van der Waals surface area (Å²) < 4.78 is 31.3. The van der Waals surface area contributed by atoms with Crippen LogP contribution < -0.4 is 10.5 Å². The molecular formula is C40H45FN6O6Si. The topological polar surface area (TPSA) is 142 Å². The van der Waals surface area contributed by atoms with Gasteiger partial charge in [-0.05, 0) is 62.2 Å². The molecule has 0 saturated carbocycles. The van der Waals surface area contributed by atoms with E-state index in [9.17, 15) is 19.5 Å². The summed E-state index contributed by atoms with van der Waals surface area (Å²) >= 11 is 0. The number of hydrogen-bond acceptors (Lipinski definition) is 9. The third kappa shape index (κ3) is 6.66. The van der Waals surface area contributed by atoms with Crippen molar-refractivity contribution in [2.24, 2.45) is 5.92 Å². The maximum absolute atomic E-state index is 16.6. The summed E-state index contributed by atoms with van der Waals surface area (Å²) in [6, 6.07) is 22.2. The lowest BCUT2D eigenvalue weighted by Crippen LogP contribution is -2.45. The SMILES string of the molecule is COC(=O)CCCCN1C(=O)[C@@]2(O[C@@H](CCn3cc(C(CO)c4ccccc4)nn3)[C@H]([Si](C)(C)F)[C@H]2C)c2cc(-n3ncc4ccccc4c3=O)ccc21. The molecule has 282 valence electrons. The van der Waals surface area contributed by atoms with Gasteiger partial charge in [0.05, 0.1) is 54.4 Å². The van der Waals surface area contributed by atoms with Crippen LogP contribution in [-0.2, 0) is 31.2 Å². The van der Waals surface area contributed by atoms with Gasteiger partial charge >= 0.3 is 5.97 Å². The van der Waals surface area contributed by atoms with Crippen LogP contribution in [0.3, 0.4) is 0 Å². The standard InChI is InChI=1S/C40H45FN6O6Si/c1-26-37(54(3,4)41)35(19-21-45-24-33(43-44-45)31(25-48)27-12-6-5-7-13-27)53-40(26)32-22-29(47-38(50)30-15-9-8-14-28(30)23-42-47)17-18-34(32)46(39(40)51)20-11-10-16-36(49)52-2/h5-9,12-15,17-18,22-24,26,31,35,37,48H,10-11,16,19-21,25H2,1-4H3/t26-,31?,35+,37-,40+/m1/s1. The zero-order chi connectivity index (χ0) is 38.2. The highest BCUT2D eigenvalue weighted by atomic mass is 28.4. The van der Waals surface area contributed by atoms with Crippen molar-refractivity contribution in [3.8, 4) is 5.69 Å². The van der Waals surface area contributed by atoms with Crippen LogP contribution in [0.15, 0.2) is 90.0 Å². The van der Waals surface area contributed by atoms with E-state index in [4.69, 9.17) is 9.47 Å². The number of hydrogen-bond donors (Lipinski definition) is 1. The summed E-state index contributed by atoms with van der Waals surface area (Å²) in [4.78, 5) is 42.1. The minimum Gasteiger partial charge on any atom is -0.469 e. The fourth-order valence-corrected chi connectivity index (χ4v) is 11.0. The summed E-state index contributed by atoms with van der Waals surface area (Å²) in [5.41, 5.74) is 0.795. The third-order valence-corrected chi connectivity index (χ3v) is 13.5. The zero-order valence-corrected chi connectivity index (χ0v) is 31.9. The van der Waals surface area contributed by atoms with Gasteiger partial charge in [0.1, 0.15) is 0 Å². The summed E-state index contributed by atoms with van der Waals surface area (Å²) in [6.45, 7) is 5.74. The Morgan fingerprint density at radius 3 is 2.56 bits per heavy atom. The molecule has 2 aromatic heterocycles. The van der Waals surface area contributed by atoms with Crippen LogP contribution in [0, 0.1) is 5.92 Å². The van der Waals surface area contributed by atoms with Gasteiger partial charge in [0, 0.05) is 48.1 Å². The maximum Gasteiger partial charge on any atom is 0.305 e. The number of ether oxygens (including phenoxy) is 2. The highest BCUT2D eigenvalue weighted by molar-refractivity contribution is 6.72. The molecule has 3 aromatic carbocycles. The quantitative estimate of drug-likeness (QED) is 0.0699. The number of halogens is 1. The Hall–Kier alpha value is -5.05. The first-order chi connectivity index (χ1) is 26.0. The Morgan fingerprint density at radius 2 is 1.81 bits per heavy atom. The lowest BCUT2D eigenvalue weighted by molar-refractivity contribution is -0.146. The number of carbonyl (C=O) groups is 2. The van der Waals surface area contributed by atoms with E-state index >= 15 is 4.11 Å². The normalized spacial score (nSPS) is 21.6. The van der Waals surface area contributed by atoms with Crippen molar-refractivity contribution in [3.05, 3.63) is 112 Å². The molecule has 14 heteroatoms.